The molecule has 0 aliphatic carbocycles. The van der Waals surface area contributed by atoms with Crippen molar-refractivity contribution in [3.8, 4) is 0 Å². The smallest absolute Gasteiger partial charge is 0.259 e. The third-order valence-corrected chi connectivity index (χ3v) is 3.97. The van der Waals surface area contributed by atoms with Crippen LogP contribution >= 0.6 is 0 Å². The average Bonchev–Trinajstić information content (AvgIpc) is 2.97. The fourth-order valence-corrected chi connectivity index (χ4v) is 2.63. The van der Waals surface area contributed by atoms with E-state index in [4.69, 9.17) is 5.73 Å². The number of nitrogens with two attached hydrogens (primary N) is 1. The number of anilines is 2. The second kappa shape index (κ2) is 6.05. The van der Waals surface area contributed by atoms with Crippen molar-refractivity contribution in [2.75, 3.05) is 16.8 Å². The first-order valence-electron chi connectivity index (χ1n) is 7.81. The van der Waals surface area contributed by atoms with Gasteiger partial charge in [0.25, 0.3) is 5.91 Å². The van der Waals surface area contributed by atoms with Gasteiger partial charge in [0, 0.05) is 30.3 Å². The van der Waals surface area contributed by atoms with E-state index in [1.165, 1.54) is 0 Å². The number of nitrogens with zero attached hydrogens (tertiary/aromatic N) is 2. The van der Waals surface area contributed by atoms with Gasteiger partial charge in [0.05, 0.1) is 11.1 Å². The Balaban J connectivity index is 1.81. The lowest BCUT2D eigenvalue weighted by molar-refractivity contribution is -0.120. The van der Waals surface area contributed by atoms with Crippen LogP contribution in [0.1, 0.15) is 29.8 Å². The van der Waals surface area contributed by atoms with Crippen molar-refractivity contribution < 1.29 is 9.59 Å². The van der Waals surface area contributed by atoms with Crippen LogP contribution in [0.2, 0.25) is 0 Å². The van der Waals surface area contributed by atoms with Crippen LogP contribution in [0.5, 0.6) is 0 Å². The highest BCUT2D eigenvalue weighted by atomic mass is 16.2. The number of aromatic nitrogens is 1. The Kier molecular flexibility index (Phi) is 4.07. The number of nitrogens with one attached hydrogen (secondary N) is 1. The summed E-state index contributed by atoms with van der Waals surface area (Å²) in [5.74, 6) is -0.314. The number of hydrogen-bond donors (Lipinski definition) is 2. The lowest BCUT2D eigenvalue weighted by atomic mass is 10.1. The molecule has 1 aliphatic rings. The molecule has 0 saturated heterocycles. The van der Waals surface area contributed by atoms with Crippen LogP contribution in [-0.2, 0) is 11.2 Å². The molecule has 0 spiro atoms. The summed E-state index contributed by atoms with van der Waals surface area (Å²) < 4.78 is 0. The Hall–Kier alpha value is -2.73. The molecule has 0 bridgehead atoms. The lowest BCUT2D eigenvalue weighted by Gasteiger charge is -2.19. The maximum atomic E-state index is 12.6. The standard InChI is InChI=1S/C18H20N4O2/c1-18(2,19)17(24)21-14-5-6-15-12(10-14)7-9-22(15)16(23)13-4-3-8-20-11-13/h3-6,8,10-11H,7,9,19H2,1-2H3,(H,21,24). The van der Waals surface area contributed by atoms with E-state index in [0.29, 0.717) is 17.8 Å². The summed E-state index contributed by atoms with van der Waals surface area (Å²) in [5, 5.41) is 2.81. The van der Waals surface area contributed by atoms with Gasteiger partial charge < -0.3 is 16.0 Å². The zero-order valence-corrected chi connectivity index (χ0v) is 13.7. The molecule has 1 aliphatic heterocycles. The van der Waals surface area contributed by atoms with E-state index in [-0.39, 0.29) is 11.8 Å². The van der Waals surface area contributed by atoms with Gasteiger partial charge in [-0.3, -0.25) is 14.6 Å². The van der Waals surface area contributed by atoms with E-state index < -0.39 is 5.54 Å². The molecule has 124 valence electrons. The molecule has 2 heterocycles. The van der Waals surface area contributed by atoms with E-state index >= 15 is 0 Å². The van der Waals surface area contributed by atoms with Crippen LogP contribution in [0.25, 0.3) is 0 Å². The fraction of sp³-hybridized carbons (Fsp3) is 0.278. The van der Waals surface area contributed by atoms with E-state index in [2.05, 4.69) is 10.3 Å². The molecule has 6 nitrogen and oxygen atoms in total. The third kappa shape index (κ3) is 3.14. The Morgan fingerprint density at radius 3 is 2.75 bits per heavy atom. The molecule has 1 aromatic heterocycles. The number of hydrogen-bond acceptors (Lipinski definition) is 4. The topological polar surface area (TPSA) is 88.3 Å². The number of benzene rings is 1. The van der Waals surface area contributed by atoms with Crippen molar-refractivity contribution in [2.24, 2.45) is 5.73 Å². The highest BCUT2D eigenvalue weighted by molar-refractivity contribution is 6.07. The normalized spacial score (nSPS) is 13.5. The molecular weight excluding hydrogens is 304 g/mol. The van der Waals surface area contributed by atoms with Gasteiger partial charge in [-0.05, 0) is 56.2 Å². The minimum Gasteiger partial charge on any atom is -0.324 e. The SMILES string of the molecule is CC(C)(N)C(=O)Nc1ccc2c(c1)CCN2C(=O)c1cccnc1. The monoisotopic (exact) mass is 324 g/mol. The summed E-state index contributed by atoms with van der Waals surface area (Å²) in [6.07, 6.45) is 3.96. The molecule has 2 aromatic rings. The Labute approximate surface area is 140 Å². The molecule has 3 rings (SSSR count). The van der Waals surface area contributed by atoms with Crippen LogP contribution in [-0.4, -0.2) is 28.9 Å². The minimum absolute atomic E-state index is 0.0678. The zero-order chi connectivity index (χ0) is 17.3. The molecule has 0 fully saturated rings. The van der Waals surface area contributed by atoms with E-state index in [9.17, 15) is 9.59 Å². The van der Waals surface area contributed by atoms with Crippen LogP contribution in [0, 0.1) is 0 Å². The van der Waals surface area contributed by atoms with E-state index in [0.717, 1.165) is 17.7 Å². The summed E-state index contributed by atoms with van der Waals surface area (Å²) in [6.45, 7) is 3.93. The number of amides is 2. The van der Waals surface area contributed by atoms with E-state index in [1.54, 1.807) is 49.3 Å². The average molecular weight is 324 g/mol. The van der Waals surface area contributed by atoms with Crippen LogP contribution in [0.15, 0.2) is 42.7 Å². The van der Waals surface area contributed by atoms with Gasteiger partial charge in [0.15, 0.2) is 0 Å². The predicted octanol–water partition coefficient (Wildman–Crippen LogP) is 1.96. The summed E-state index contributed by atoms with van der Waals surface area (Å²) in [4.78, 5) is 30.3. The Morgan fingerprint density at radius 1 is 1.29 bits per heavy atom. The molecule has 3 N–H and O–H groups in total. The second-order valence-corrected chi connectivity index (χ2v) is 6.47. The number of carbonyl (C=O) groups is 2. The molecular formula is C18H20N4O2. The van der Waals surface area contributed by atoms with Crippen molar-refractivity contribution in [1.82, 2.24) is 4.98 Å². The van der Waals surface area contributed by atoms with Gasteiger partial charge in [-0.1, -0.05) is 0 Å². The van der Waals surface area contributed by atoms with Crippen LogP contribution in [0.4, 0.5) is 11.4 Å². The summed E-state index contributed by atoms with van der Waals surface area (Å²) >= 11 is 0. The van der Waals surface area contributed by atoms with Gasteiger partial charge in [-0.15, -0.1) is 0 Å². The van der Waals surface area contributed by atoms with Gasteiger partial charge in [0.2, 0.25) is 5.91 Å². The fourth-order valence-electron chi connectivity index (χ4n) is 2.63. The first kappa shape index (κ1) is 16.1. The summed E-state index contributed by atoms with van der Waals surface area (Å²) in [7, 11) is 0. The van der Waals surface area contributed by atoms with Gasteiger partial charge in [-0.25, -0.2) is 0 Å². The highest BCUT2D eigenvalue weighted by Crippen LogP contribution is 2.31. The molecule has 24 heavy (non-hydrogen) atoms. The predicted molar refractivity (Wildman–Crippen MR) is 93.0 cm³/mol. The largest absolute Gasteiger partial charge is 0.324 e. The molecule has 0 unspecified atom stereocenters. The third-order valence-electron chi connectivity index (χ3n) is 3.97. The first-order valence-corrected chi connectivity index (χ1v) is 7.81. The van der Waals surface area contributed by atoms with Gasteiger partial charge in [0.1, 0.15) is 0 Å². The van der Waals surface area contributed by atoms with Crippen LogP contribution < -0.4 is 16.0 Å². The molecule has 0 atom stereocenters. The Bertz CT molecular complexity index is 781. The number of rotatable bonds is 3. The number of carbonyl (C=O) groups excluding carboxylic acids is 2. The minimum atomic E-state index is -0.943. The lowest BCUT2D eigenvalue weighted by Crippen LogP contribution is -2.45. The maximum absolute atomic E-state index is 12.6. The van der Waals surface area contributed by atoms with Gasteiger partial charge >= 0.3 is 0 Å². The van der Waals surface area contributed by atoms with Crippen molar-refractivity contribution >= 4 is 23.2 Å². The van der Waals surface area contributed by atoms with Crippen molar-refractivity contribution in [2.45, 2.75) is 25.8 Å². The number of pyridine rings is 1. The molecule has 6 heteroatoms. The zero-order valence-electron chi connectivity index (χ0n) is 13.7. The van der Waals surface area contributed by atoms with Crippen molar-refractivity contribution in [3.05, 3.63) is 53.9 Å². The summed E-state index contributed by atoms with van der Waals surface area (Å²) in [5.41, 5.74) is 8.00. The molecule has 0 radical (unpaired) electrons. The second-order valence-electron chi connectivity index (χ2n) is 6.47. The first-order chi connectivity index (χ1) is 11.4. The molecule has 0 saturated carbocycles. The number of fused-ring (bicyclic) bond motifs is 1. The van der Waals surface area contributed by atoms with Crippen molar-refractivity contribution in [1.29, 1.82) is 0 Å². The summed E-state index contributed by atoms with van der Waals surface area (Å²) in [6, 6.07) is 9.05. The quantitative estimate of drug-likeness (QED) is 0.903. The van der Waals surface area contributed by atoms with Gasteiger partial charge in [-0.2, -0.15) is 0 Å². The van der Waals surface area contributed by atoms with Crippen LogP contribution in [0.3, 0.4) is 0 Å². The molecule has 2 amide bonds. The highest BCUT2D eigenvalue weighted by Gasteiger charge is 2.27. The van der Waals surface area contributed by atoms with Crippen molar-refractivity contribution in [3.63, 3.8) is 0 Å². The Morgan fingerprint density at radius 2 is 2.08 bits per heavy atom. The maximum Gasteiger partial charge on any atom is 0.259 e. The van der Waals surface area contributed by atoms with E-state index in [1.807, 2.05) is 12.1 Å². The molecule has 1 aromatic carbocycles.